The molecule has 13 heavy (non-hydrogen) atoms. The van der Waals surface area contributed by atoms with E-state index >= 15 is 0 Å². The molecule has 1 rings (SSSR count). The van der Waals surface area contributed by atoms with Crippen molar-refractivity contribution in [3.05, 3.63) is 33.8 Å². The van der Waals surface area contributed by atoms with Crippen LogP contribution >= 0.6 is 15.9 Å². The Labute approximate surface area is 83.8 Å². The maximum absolute atomic E-state index is 12.3. The smallest absolute Gasteiger partial charge is 0.337 e. The quantitative estimate of drug-likeness (QED) is 0.751. The molecule has 0 spiro atoms. The summed E-state index contributed by atoms with van der Waals surface area (Å²) >= 11 is 3.18. The van der Waals surface area contributed by atoms with Crippen LogP contribution in [0, 0.1) is 0 Å². The Kier molecular flexibility index (Phi) is 3.42. The van der Waals surface area contributed by atoms with Crippen LogP contribution in [0.4, 0.5) is 4.39 Å². The zero-order valence-electron chi connectivity index (χ0n) is 7.01. The first-order valence-electron chi connectivity index (χ1n) is 3.61. The number of carbonyl (C=O) groups is 1. The minimum Gasteiger partial charge on any atom is -0.465 e. The first-order chi connectivity index (χ1) is 6.17. The van der Waals surface area contributed by atoms with E-state index in [0.717, 1.165) is 0 Å². The second-order valence-corrected chi connectivity index (χ2v) is 3.39. The van der Waals surface area contributed by atoms with Crippen molar-refractivity contribution in [2.24, 2.45) is 0 Å². The number of hydrogen-bond donors (Lipinski definition) is 0. The predicted octanol–water partition coefficient (Wildman–Crippen LogP) is 2.71. The third kappa shape index (κ3) is 2.52. The lowest BCUT2D eigenvalue weighted by Gasteiger charge is -2.02. The van der Waals surface area contributed by atoms with Crippen molar-refractivity contribution >= 4 is 21.9 Å². The molecule has 0 saturated heterocycles. The van der Waals surface area contributed by atoms with Crippen LogP contribution in [0.15, 0.2) is 22.7 Å². The zero-order valence-corrected chi connectivity index (χ0v) is 8.60. The summed E-state index contributed by atoms with van der Waals surface area (Å²) in [6.45, 7) is -0.594. The number of hydrogen-bond acceptors (Lipinski definition) is 2. The number of benzene rings is 1. The van der Waals surface area contributed by atoms with Crippen LogP contribution in [0.3, 0.4) is 0 Å². The third-order valence-corrected chi connectivity index (χ3v) is 1.99. The molecule has 0 unspecified atom stereocenters. The summed E-state index contributed by atoms with van der Waals surface area (Å²) in [6, 6.07) is 4.67. The lowest BCUT2D eigenvalue weighted by atomic mass is 10.1. The van der Waals surface area contributed by atoms with Gasteiger partial charge < -0.3 is 4.74 Å². The zero-order chi connectivity index (χ0) is 9.84. The molecule has 0 heterocycles. The number of ether oxygens (including phenoxy) is 1. The van der Waals surface area contributed by atoms with Gasteiger partial charge in [-0.1, -0.05) is 15.9 Å². The van der Waals surface area contributed by atoms with Gasteiger partial charge in [-0.15, -0.1) is 0 Å². The Morgan fingerprint density at radius 1 is 1.54 bits per heavy atom. The number of rotatable bonds is 2. The fourth-order valence-corrected chi connectivity index (χ4v) is 1.50. The van der Waals surface area contributed by atoms with E-state index < -0.39 is 12.6 Å². The molecule has 1 aromatic carbocycles. The van der Waals surface area contributed by atoms with Gasteiger partial charge in [0.25, 0.3) is 0 Å². The van der Waals surface area contributed by atoms with Crippen LogP contribution in [0.25, 0.3) is 0 Å². The number of methoxy groups -OCH3 is 1. The highest BCUT2D eigenvalue weighted by Gasteiger charge is 2.07. The first-order valence-corrected chi connectivity index (χ1v) is 4.40. The van der Waals surface area contributed by atoms with Crippen LogP contribution in [0.1, 0.15) is 15.9 Å². The monoisotopic (exact) mass is 246 g/mol. The standard InChI is InChI=1S/C9H8BrFO2/c1-13-9(12)7-2-6(5-11)3-8(10)4-7/h2-4H,5H2,1H3. The molecule has 70 valence electrons. The van der Waals surface area contributed by atoms with Crippen LogP contribution < -0.4 is 0 Å². The van der Waals surface area contributed by atoms with Crippen molar-refractivity contribution < 1.29 is 13.9 Å². The second-order valence-electron chi connectivity index (χ2n) is 2.47. The molecule has 0 bridgehead atoms. The Bertz CT molecular complexity index is 325. The van der Waals surface area contributed by atoms with Crippen LogP contribution in [0.2, 0.25) is 0 Å². The normalized spacial score (nSPS) is 9.77. The van der Waals surface area contributed by atoms with Crippen molar-refractivity contribution in [3.63, 3.8) is 0 Å². The van der Waals surface area contributed by atoms with Gasteiger partial charge in [0.05, 0.1) is 12.7 Å². The van der Waals surface area contributed by atoms with Gasteiger partial charge in [0.2, 0.25) is 0 Å². The van der Waals surface area contributed by atoms with Gasteiger partial charge in [0.15, 0.2) is 0 Å². The number of carbonyl (C=O) groups excluding carboxylic acids is 1. The molecule has 0 atom stereocenters. The first kappa shape index (κ1) is 10.2. The van der Waals surface area contributed by atoms with Gasteiger partial charge in [-0.05, 0) is 23.8 Å². The van der Waals surface area contributed by atoms with Gasteiger partial charge in [-0.2, -0.15) is 0 Å². The molecule has 0 aliphatic rings. The van der Waals surface area contributed by atoms with Crippen molar-refractivity contribution in [2.45, 2.75) is 6.67 Å². The summed E-state index contributed by atoms with van der Waals surface area (Å²) < 4.78 is 17.5. The molecule has 0 fully saturated rings. The molecule has 0 saturated carbocycles. The Morgan fingerprint density at radius 3 is 2.77 bits per heavy atom. The molecule has 0 aliphatic carbocycles. The van der Waals surface area contributed by atoms with Gasteiger partial charge >= 0.3 is 5.97 Å². The van der Waals surface area contributed by atoms with E-state index in [2.05, 4.69) is 20.7 Å². The fourth-order valence-electron chi connectivity index (χ4n) is 0.963. The minimum absolute atomic E-state index is 0.351. The summed E-state index contributed by atoms with van der Waals surface area (Å²) in [7, 11) is 1.29. The second kappa shape index (κ2) is 4.37. The van der Waals surface area contributed by atoms with Crippen molar-refractivity contribution in [2.75, 3.05) is 7.11 Å². The number of alkyl halides is 1. The summed E-state index contributed by atoms with van der Waals surface area (Å²) in [5, 5.41) is 0. The molecule has 4 heteroatoms. The molecule has 1 aromatic rings. The van der Waals surface area contributed by atoms with Crippen molar-refractivity contribution in [1.29, 1.82) is 0 Å². The Morgan fingerprint density at radius 2 is 2.23 bits per heavy atom. The molecule has 0 N–H and O–H groups in total. The largest absolute Gasteiger partial charge is 0.465 e. The van der Waals surface area contributed by atoms with Gasteiger partial charge in [-0.25, -0.2) is 9.18 Å². The molecule has 2 nitrogen and oxygen atoms in total. The third-order valence-electron chi connectivity index (χ3n) is 1.53. The highest BCUT2D eigenvalue weighted by atomic mass is 79.9. The van der Waals surface area contributed by atoms with Gasteiger partial charge in [0.1, 0.15) is 6.67 Å². The highest BCUT2D eigenvalue weighted by Crippen LogP contribution is 2.17. The van der Waals surface area contributed by atoms with E-state index in [1.807, 2.05) is 0 Å². The molecule has 0 aliphatic heterocycles. The highest BCUT2D eigenvalue weighted by molar-refractivity contribution is 9.10. The van der Waals surface area contributed by atoms with Gasteiger partial charge in [0, 0.05) is 4.47 Å². The number of esters is 1. The van der Waals surface area contributed by atoms with E-state index in [-0.39, 0.29) is 0 Å². The molecular formula is C9H8BrFO2. The average molecular weight is 247 g/mol. The lowest BCUT2D eigenvalue weighted by Crippen LogP contribution is -2.01. The SMILES string of the molecule is COC(=O)c1cc(Br)cc(CF)c1. The molecule has 0 radical (unpaired) electrons. The van der Waals surface area contributed by atoms with E-state index in [1.54, 1.807) is 12.1 Å². The van der Waals surface area contributed by atoms with Crippen molar-refractivity contribution in [3.8, 4) is 0 Å². The molecule has 0 aromatic heterocycles. The summed E-state index contributed by atoms with van der Waals surface area (Å²) in [4.78, 5) is 11.1. The molecule has 0 amide bonds. The van der Waals surface area contributed by atoms with Crippen LogP contribution in [-0.4, -0.2) is 13.1 Å². The molecular weight excluding hydrogens is 239 g/mol. The number of halogens is 2. The van der Waals surface area contributed by atoms with E-state index in [0.29, 0.717) is 15.6 Å². The fraction of sp³-hybridized carbons (Fsp3) is 0.222. The van der Waals surface area contributed by atoms with Crippen molar-refractivity contribution in [1.82, 2.24) is 0 Å². The average Bonchev–Trinajstić information content (AvgIpc) is 2.15. The lowest BCUT2D eigenvalue weighted by molar-refractivity contribution is 0.0600. The van der Waals surface area contributed by atoms with E-state index in [4.69, 9.17) is 0 Å². The van der Waals surface area contributed by atoms with Crippen LogP contribution in [-0.2, 0) is 11.4 Å². The summed E-state index contributed by atoms with van der Waals surface area (Å²) in [5.74, 6) is -0.462. The van der Waals surface area contributed by atoms with E-state index in [1.165, 1.54) is 13.2 Å². The Balaban J connectivity index is 3.08. The topological polar surface area (TPSA) is 26.3 Å². The summed E-state index contributed by atoms with van der Waals surface area (Å²) in [6.07, 6.45) is 0. The minimum atomic E-state index is -0.594. The van der Waals surface area contributed by atoms with E-state index in [9.17, 15) is 9.18 Å². The summed E-state index contributed by atoms with van der Waals surface area (Å²) in [5.41, 5.74) is 0.805. The maximum Gasteiger partial charge on any atom is 0.337 e. The predicted molar refractivity (Wildman–Crippen MR) is 50.3 cm³/mol. The Hall–Kier alpha value is -0.900. The van der Waals surface area contributed by atoms with Crippen LogP contribution in [0.5, 0.6) is 0 Å². The maximum atomic E-state index is 12.3. The van der Waals surface area contributed by atoms with Gasteiger partial charge in [-0.3, -0.25) is 0 Å².